The molecule has 0 saturated carbocycles. The number of fused-ring (bicyclic) bond motifs is 1. The third kappa shape index (κ3) is 1.15. The van der Waals surface area contributed by atoms with E-state index in [4.69, 9.17) is 10.2 Å². The standard InChI is InChI=1S/C9H7N5O/c10-7-5(4-12-14-7)9-13-8-6(15-9)2-1-3-11-8/h1-4H,(H3,10,12,14). The number of oxazole rings is 1. The average Bonchev–Trinajstić information content (AvgIpc) is 2.82. The van der Waals surface area contributed by atoms with E-state index < -0.39 is 0 Å². The van der Waals surface area contributed by atoms with Crippen molar-refractivity contribution in [3.05, 3.63) is 24.5 Å². The highest BCUT2D eigenvalue weighted by Crippen LogP contribution is 2.25. The Morgan fingerprint density at radius 1 is 1.40 bits per heavy atom. The van der Waals surface area contributed by atoms with Crippen LogP contribution in [0.3, 0.4) is 0 Å². The lowest BCUT2D eigenvalue weighted by Gasteiger charge is -1.88. The minimum Gasteiger partial charge on any atom is -0.434 e. The highest BCUT2D eigenvalue weighted by atomic mass is 16.3. The zero-order chi connectivity index (χ0) is 10.3. The molecular formula is C9H7N5O. The lowest BCUT2D eigenvalue weighted by atomic mass is 10.3. The number of nitrogens with one attached hydrogen (secondary N) is 1. The smallest absolute Gasteiger partial charge is 0.234 e. The maximum atomic E-state index is 5.66. The molecule has 6 nitrogen and oxygen atoms in total. The van der Waals surface area contributed by atoms with Crippen molar-refractivity contribution in [3.8, 4) is 11.5 Å². The van der Waals surface area contributed by atoms with E-state index in [9.17, 15) is 0 Å². The van der Waals surface area contributed by atoms with Crippen LogP contribution in [0.15, 0.2) is 28.9 Å². The average molecular weight is 201 g/mol. The van der Waals surface area contributed by atoms with Gasteiger partial charge in [-0.3, -0.25) is 5.10 Å². The summed E-state index contributed by atoms with van der Waals surface area (Å²) >= 11 is 0. The van der Waals surface area contributed by atoms with Crippen LogP contribution in [-0.4, -0.2) is 20.2 Å². The van der Waals surface area contributed by atoms with Crippen LogP contribution in [0.5, 0.6) is 0 Å². The molecule has 3 aromatic heterocycles. The third-order valence-electron chi connectivity index (χ3n) is 2.06. The predicted octanol–water partition coefficient (Wildman–Crippen LogP) is 1.20. The van der Waals surface area contributed by atoms with Crippen molar-refractivity contribution in [2.75, 3.05) is 5.73 Å². The summed E-state index contributed by atoms with van der Waals surface area (Å²) in [4.78, 5) is 8.26. The highest BCUT2D eigenvalue weighted by Gasteiger charge is 2.12. The van der Waals surface area contributed by atoms with E-state index >= 15 is 0 Å². The zero-order valence-electron chi connectivity index (χ0n) is 7.64. The van der Waals surface area contributed by atoms with Gasteiger partial charge in [-0.15, -0.1) is 0 Å². The lowest BCUT2D eigenvalue weighted by Crippen LogP contribution is -1.87. The summed E-state index contributed by atoms with van der Waals surface area (Å²) in [6.45, 7) is 0. The van der Waals surface area contributed by atoms with Gasteiger partial charge < -0.3 is 10.2 Å². The number of pyridine rings is 1. The molecule has 0 aliphatic carbocycles. The Bertz CT molecular complexity index is 579. The van der Waals surface area contributed by atoms with Gasteiger partial charge in [0.1, 0.15) is 5.82 Å². The second-order valence-corrected chi connectivity index (χ2v) is 3.04. The first-order valence-corrected chi connectivity index (χ1v) is 4.35. The molecule has 0 bridgehead atoms. The summed E-state index contributed by atoms with van der Waals surface area (Å²) in [5.74, 6) is 0.858. The van der Waals surface area contributed by atoms with Crippen molar-refractivity contribution in [1.82, 2.24) is 20.2 Å². The molecule has 3 heterocycles. The number of aromatic nitrogens is 4. The van der Waals surface area contributed by atoms with Crippen molar-refractivity contribution < 1.29 is 4.42 Å². The van der Waals surface area contributed by atoms with Crippen LogP contribution in [0, 0.1) is 0 Å². The summed E-state index contributed by atoms with van der Waals surface area (Å²) in [7, 11) is 0. The molecule has 0 unspecified atom stereocenters. The Hall–Kier alpha value is -2.37. The fourth-order valence-corrected chi connectivity index (χ4v) is 1.35. The molecule has 0 spiro atoms. The molecule has 0 radical (unpaired) electrons. The van der Waals surface area contributed by atoms with Gasteiger partial charge in [-0.2, -0.15) is 10.1 Å². The molecule has 6 heteroatoms. The molecule has 15 heavy (non-hydrogen) atoms. The van der Waals surface area contributed by atoms with Crippen LogP contribution in [0.4, 0.5) is 5.82 Å². The predicted molar refractivity (Wildman–Crippen MR) is 53.8 cm³/mol. The van der Waals surface area contributed by atoms with E-state index in [1.807, 2.05) is 0 Å². The third-order valence-corrected chi connectivity index (χ3v) is 2.06. The molecule has 0 fully saturated rings. The zero-order valence-corrected chi connectivity index (χ0v) is 7.64. The van der Waals surface area contributed by atoms with Crippen LogP contribution in [0.25, 0.3) is 22.7 Å². The number of hydrogen-bond donors (Lipinski definition) is 2. The Balaban J connectivity index is 2.24. The second-order valence-electron chi connectivity index (χ2n) is 3.04. The maximum Gasteiger partial charge on any atom is 0.234 e. The van der Waals surface area contributed by atoms with Crippen LogP contribution >= 0.6 is 0 Å². The van der Waals surface area contributed by atoms with Gasteiger partial charge >= 0.3 is 0 Å². The number of anilines is 1. The normalized spacial score (nSPS) is 10.9. The van der Waals surface area contributed by atoms with Crippen LogP contribution in [-0.2, 0) is 0 Å². The Kier molecular flexibility index (Phi) is 1.49. The largest absolute Gasteiger partial charge is 0.434 e. The van der Waals surface area contributed by atoms with Gasteiger partial charge in [0.2, 0.25) is 5.89 Å². The van der Waals surface area contributed by atoms with Crippen molar-refractivity contribution in [2.24, 2.45) is 0 Å². The monoisotopic (exact) mass is 201 g/mol. The van der Waals surface area contributed by atoms with Gasteiger partial charge in [-0.1, -0.05) is 0 Å². The molecule has 0 aliphatic rings. The van der Waals surface area contributed by atoms with E-state index in [-0.39, 0.29) is 0 Å². The van der Waals surface area contributed by atoms with Gasteiger partial charge in [0.25, 0.3) is 0 Å². The number of hydrogen-bond acceptors (Lipinski definition) is 5. The number of nitrogens with two attached hydrogens (primary N) is 1. The van der Waals surface area contributed by atoms with E-state index in [1.54, 1.807) is 24.5 Å². The van der Waals surface area contributed by atoms with Gasteiger partial charge in [-0.05, 0) is 12.1 Å². The molecule has 3 rings (SSSR count). The van der Waals surface area contributed by atoms with Crippen molar-refractivity contribution in [2.45, 2.75) is 0 Å². The molecule has 3 aromatic rings. The SMILES string of the molecule is Nc1[nH]ncc1-c1nc2ncccc2o1. The number of nitrogen functional groups attached to an aromatic ring is 1. The van der Waals surface area contributed by atoms with Crippen LogP contribution < -0.4 is 5.73 Å². The fourth-order valence-electron chi connectivity index (χ4n) is 1.35. The van der Waals surface area contributed by atoms with Crippen molar-refractivity contribution in [1.29, 1.82) is 0 Å². The van der Waals surface area contributed by atoms with Crippen molar-refractivity contribution in [3.63, 3.8) is 0 Å². The molecule has 0 aliphatic heterocycles. The molecule has 74 valence electrons. The summed E-state index contributed by atoms with van der Waals surface area (Å²) in [6.07, 6.45) is 3.23. The Morgan fingerprint density at radius 3 is 3.07 bits per heavy atom. The first-order valence-electron chi connectivity index (χ1n) is 4.35. The summed E-state index contributed by atoms with van der Waals surface area (Å²) in [6, 6.07) is 3.59. The first-order chi connectivity index (χ1) is 7.34. The number of nitrogens with zero attached hydrogens (tertiary/aromatic N) is 3. The highest BCUT2D eigenvalue weighted by molar-refractivity contribution is 5.75. The van der Waals surface area contributed by atoms with E-state index in [0.717, 1.165) is 0 Å². The minimum atomic E-state index is 0.426. The van der Waals surface area contributed by atoms with E-state index in [2.05, 4.69) is 20.2 Å². The van der Waals surface area contributed by atoms with Gasteiger partial charge in [0.15, 0.2) is 11.2 Å². The first kappa shape index (κ1) is 7.98. The van der Waals surface area contributed by atoms with Gasteiger partial charge in [-0.25, -0.2) is 4.98 Å². The molecule has 0 saturated heterocycles. The number of aromatic amines is 1. The summed E-state index contributed by atoms with van der Waals surface area (Å²) in [5, 5.41) is 6.42. The van der Waals surface area contributed by atoms with Crippen molar-refractivity contribution >= 4 is 17.0 Å². The summed E-state index contributed by atoms with van der Waals surface area (Å²) in [5.41, 5.74) is 7.50. The van der Waals surface area contributed by atoms with Crippen LogP contribution in [0.1, 0.15) is 0 Å². The topological polar surface area (TPSA) is 93.6 Å². The molecular weight excluding hydrogens is 194 g/mol. The van der Waals surface area contributed by atoms with Gasteiger partial charge in [0, 0.05) is 6.20 Å². The number of H-pyrrole nitrogens is 1. The Morgan fingerprint density at radius 2 is 2.33 bits per heavy atom. The summed E-state index contributed by atoms with van der Waals surface area (Å²) < 4.78 is 5.48. The quantitative estimate of drug-likeness (QED) is 0.616. The lowest BCUT2D eigenvalue weighted by molar-refractivity contribution is 0.620. The molecule has 0 amide bonds. The number of rotatable bonds is 1. The van der Waals surface area contributed by atoms with E-state index in [0.29, 0.717) is 28.5 Å². The molecule has 0 atom stereocenters. The molecule has 0 aromatic carbocycles. The van der Waals surface area contributed by atoms with E-state index in [1.165, 1.54) is 0 Å². The molecule has 3 N–H and O–H groups in total. The second kappa shape index (κ2) is 2.81. The Labute approximate surface area is 84.1 Å². The fraction of sp³-hybridized carbons (Fsp3) is 0. The van der Waals surface area contributed by atoms with Crippen LogP contribution in [0.2, 0.25) is 0 Å². The maximum absolute atomic E-state index is 5.66. The minimum absolute atomic E-state index is 0.426. The van der Waals surface area contributed by atoms with Gasteiger partial charge in [0.05, 0.1) is 11.8 Å².